The molecule has 1 unspecified atom stereocenters. The predicted molar refractivity (Wildman–Crippen MR) is 77.5 cm³/mol. The Kier molecular flexibility index (Phi) is 4.72. The molecule has 0 saturated carbocycles. The summed E-state index contributed by atoms with van der Waals surface area (Å²) in [5, 5.41) is 12.0. The minimum Gasteiger partial charge on any atom is -0.465 e. The number of nitrogens with zero attached hydrogens (tertiary/aromatic N) is 2. The SMILES string of the molecule is CCOC(=O)C(C#N)c1nc(-c2ccc(Cl)cc2)cs1. The van der Waals surface area contributed by atoms with Crippen LogP contribution in [0.4, 0.5) is 0 Å². The maximum Gasteiger partial charge on any atom is 0.330 e. The average molecular weight is 307 g/mol. The van der Waals surface area contributed by atoms with Crippen molar-refractivity contribution in [2.24, 2.45) is 0 Å². The van der Waals surface area contributed by atoms with Gasteiger partial charge in [-0.25, -0.2) is 4.98 Å². The molecule has 1 atom stereocenters. The highest BCUT2D eigenvalue weighted by Gasteiger charge is 2.25. The molecule has 1 aromatic carbocycles. The van der Waals surface area contributed by atoms with Crippen molar-refractivity contribution in [2.75, 3.05) is 6.61 Å². The molecule has 0 bridgehead atoms. The monoisotopic (exact) mass is 306 g/mol. The molecule has 4 nitrogen and oxygen atoms in total. The number of hydrogen-bond donors (Lipinski definition) is 0. The van der Waals surface area contributed by atoms with Crippen LogP contribution in [0.1, 0.15) is 17.8 Å². The summed E-state index contributed by atoms with van der Waals surface area (Å²) in [4.78, 5) is 16.0. The van der Waals surface area contributed by atoms with E-state index in [2.05, 4.69) is 4.98 Å². The highest BCUT2D eigenvalue weighted by molar-refractivity contribution is 7.10. The zero-order valence-electron chi connectivity index (χ0n) is 10.7. The van der Waals surface area contributed by atoms with Crippen molar-refractivity contribution in [2.45, 2.75) is 12.8 Å². The summed E-state index contributed by atoms with van der Waals surface area (Å²) in [5.41, 5.74) is 1.60. The lowest BCUT2D eigenvalue weighted by molar-refractivity contribution is -0.143. The highest BCUT2D eigenvalue weighted by Crippen LogP contribution is 2.27. The van der Waals surface area contributed by atoms with Gasteiger partial charge in [0.2, 0.25) is 0 Å². The van der Waals surface area contributed by atoms with E-state index < -0.39 is 11.9 Å². The number of benzene rings is 1. The van der Waals surface area contributed by atoms with Gasteiger partial charge in [-0.3, -0.25) is 4.79 Å². The predicted octanol–water partition coefficient (Wildman–Crippen LogP) is 3.63. The van der Waals surface area contributed by atoms with Gasteiger partial charge in [-0.05, 0) is 19.1 Å². The molecule has 0 spiro atoms. The van der Waals surface area contributed by atoms with Gasteiger partial charge in [-0.1, -0.05) is 23.7 Å². The number of hydrogen-bond acceptors (Lipinski definition) is 5. The molecule has 1 aromatic heterocycles. The number of carbonyl (C=O) groups excluding carboxylic acids is 1. The quantitative estimate of drug-likeness (QED) is 0.809. The van der Waals surface area contributed by atoms with Crippen LogP contribution in [0.25, 0.3) is 11.3 Å². The Morgan fingerprint density at radius 2 is 2.20 bits per heavy atom. The van der Waals surface area contributed by atoms with Gasteiger partial charge in [0.25, 0.3) is 0 Å². The fraction of sp³-hybridized carbons (Fsp3) is 0.214. The van der Waals surface area contributed by atoms with E-state index in [-0.39, 0.29) is 6.61 Å². The molecule has 102 valence electrons. The third-order valence-electron chi connectivity index (χ3n) is 2.56. The van der Waals surface area contributed by atoms with Gasteiger partial charge < -0.3 is 4.74 Å². The molecule has 0 N–H and O–H groups in total. The maximum absolute atomic E-state index is 11.7. The summed E-state index contributed by atoms with van der Waals surface area (Å²) in [5.74, 6) is -1.53. The van der Waals surface area contributed by atoms with E-state index >= 15 is 0 Å². The number of ether oxygens (including phenoxy) is 1. The summed E-state index contributed by atoms with van der Waals surface area (Å²) in [6.45, 7) is 1.94. The van der Waals surface area contributed by atoms with Crippen LogP contribution in [0, 0.1) is 11.3 Å². The summed E-state index contributed by atoms with van der Waals surface area (Å²) >= 11 is 7.10. The maximum atomic E-state index is 11.7. The second kappa shape index (κ2) is 6.51. The number of aromatic nitrogens is 1. The molecule has 0 saturated heterocycles. The van der Waals surface area contributed by atoms with Crippen LogP contribution in [0.2, 0.25) is 5.02 Å². The second-order valence-corrected chi connectivity index (χ2v) is 5.22. The number of esters is 1. The molecule has 2 aromatic rings. The van der Waals surface area contributed by atoms with Crippen molar-refractivity contribution in [3.05, 3.63) is 39.7 Å². The van der Waals surface area contributed by atoms with Crippen molar-refractivity contribution in [1.82, 2.24) is 4.98 Å². The number of carbonyl (C=O) groups is 1. The Bertz CT molecular complexity index is 646. The number of rotatable bonds is 4. The Balaban J connectivity index is 2.26. The van der Waals surface area contributed by atoms with Crippen molar-refractivity contribution in [3.8, 4) is 17.3 Å². The lowest BCUT2D eigenvalue weighted by atomic mass is 10.1. The van der Waals surface area contributed by atoms with E-state index in [1.807, 2.05) is 23.6 Å². The lowest BCUT2D eigenvalue weighted by Gasteiger charge is -2.04. The molecule has 0 radical (unpaired) electrons. The number of thiazole rings is 1. The standard InChI is InChI=1S/C14H11ClN2O2S/c1-2-19-14(18)11(7-16)13-17-12(8-20-13)9-3-5-10(15)6-4-9/h3-6,8,11H,2H2,1H3. The van der Waals surface area contributed by atoms with Crippen molar-refractivity contribution >= 4 is 28.9 Å². The molecule has 20 heavy (non-hydrogen) atoms. The topological polar surface area (TPSA) is 63.0 Å². The van der Waals surface area contributed by atoms with E-state index in [4.69, 9.17) is 21.6 Å². The van der Waals surface area contributed by atoms with E-state index in [0.29, 0.717) is 15.7 Å². The van der Waals surface area contributed by atoms with Gasteiger partial charge in [0.1, 0.15) is 5.01 Å². The molecule has 6 heteroatoms. The molecular weight excluding hydrogens is 296 g/mol. The highest BCUT2D eigenvalue weighted by atomic mass is 35.5. The van der Waals surface area contributed by atoms with Crippen molar-refractivity contribution in [3.63, 3.8) is 0 Å². The van der Waals surface area contributed by atoms with Crippen molar-refractivity contribution in [1.29, 1.82) is 5.26 Å². The Labute approximate surface area is 125 Å². The Hall–Kier alpha value is -1.90. The van der Waals surface area contributed by atoms with E-state index in [0.717, 1.165) is 5.56 Å². The van der Waals surface area contributed by atoms with Gasteiger partial charge in [-0.15, -0.1) is 11.3 Å². The van der Waals surface area contributed by atoms with Gasteiger partial charge in [0.05, 0.1) is 18.4 Å². The Morgan fingerprint density at radius 3 is 2.80 bits per heavy atom. The largest absolute Gasteiger partial charge is 0.465 e. The smallest absolute Gasteiger partial charge is 0.330 e. The van der Waals surface area contributed by atoms with Crippen LogP contribution in [0.3, 0.4) is 0 Å². The molecule has 2 rings (SSSR count). The van der Waals surface area contributed by atoms with Crippen molar-refractivity contribution < 1.29 is 9.53 Å². The normalized spacial score (nSPS) is 11.7. The summed E-state index contributed by atoms with van der Waals surface area (Å²) in [6, 6.07) is 9.14. The minimum absolute atomic E-state index is 0.242. The first-order valence-electron chi connectivity index (χ1n) is 5.93. The van der Waals surface area contributed by atoms with Crippen LogP contribution in [-0.4, -0.2) is 17.6 Å². The molecular formula is C14H11ClN2O2S. The minimum atomic E-state index is -0.971. The number of nitriles is 1. The van der Waals surface area contributed by atoms with Gasteiger partial charge in [0.15, 0.2) is 5.92 Å². The van der Waals surface area contributed by atoms with Crippen LogP contribution >= 0.6 is 22.9 Å². The second-order valence-electron chi connectivity index (χ2n) is 3.89. The van der Waals surface area contributed by atoms with Gasteiger partial charge in [-0.2, -0.15) is 5.26 Å². The van der Waals surface area contributed by atoms with Crippen LogP contribution in [0.15, 0.2) is 29.6 Å². The van der Waals surface area contributed by atoms with Crippen LogP contribution in [0.5, 0.6) is 0 Å². The lowest BCUT2D eigenvalue weighted by Crippen LogP contribution is -2.14. The van der Waals surface area contributed by atoms with E-state index in [1.165, 1.54) is 11.3 Å². The molecule has 0 aliphatic heterocycles. The van der Waals surface area contributed by atoms with Gasteiger partial charge >= 0.3 is 5.97 Å². The first kappa shape index (κ1) is 14.5. The van der Waals surface area contributed by atoms with E-state index in [1.54, 1.807) is 19.1 Å². The third kappa shape index (κ3) is 3.16. The molecule has 0 aliphatic rings. The molecule has 0 fully saturated rings. The fourth-order valence-corrected chi connectivity index (χ4v) is 2.59. The third-order valence-corrected chi connectivity index (χ3v) is 3.72. The molecule has 0 amide bonds. The first-order valence-corrected chi connectivity index (χ1v) is 7.19. The van der Waals surface area contributed by atoms with Crippen LogP contribution < -0.4 is 0 Å². The zero-order chi connectivity index (χ0) is 14.5. The number of halogens is 1. The molecule has 0 aliphatic carbocycles. The van der Waals surface area contributed by atoms with Crippen LogP contribution in [-0.2, 0) is 9.53 Å². The summed E-state index contributed by atoms with van der Waals surface area (Å²) in [6.07, 6.45) is 0. The summed E-state index contributed by atoms with van der Waals surface area (Å²) < 4.78 is 4.87. The average Bonchev–Trinajstić information content (AvgIpc) is 2.90. The zero-order valence-corrected chi connectivity index (χ0v) is 12.2. The summed E-state index contributed by atoms with van der Waals surface area (Å²) in [7, 11) is 0. The van der Waals surface area contributed by atoms with E-state index in [9.17, 15) is 4.79 Å². The Morgan fingerprint density at radius 1 is 1.50 bits per heavy atom. The van der Waals surface area contributed by atoms with Gasteiger partial charge in [0, 0.05) is 16.0 Å². The fourth-order valence-electron chi connectivity index (χ4n) is 1.61. The first-order chi connectivity index (χ1) is 9.65. The molecule has 1 heterocycles.